The van der Waals surface area contributed by atoms with E-state index in [0.29, 0.717) is 36.8 Å². The quantitative estimate of drug-likeness (QED) is 0.0732. The fourth-order valence-corrected chi connectivity index (χ4v) is 7.02. The Morgan fingerprint density at radius 2 is 1.54 bits per heavy atom. The largest absolute Gasteiger partial charge is 0.464 e. The predicted molar refractivity (Wildman–Crippen MR) is 186 cm³/mol. The van der Waals surface area contributed by atoms with Gasteiger partial charge in [-0.2, -0.15) is 0 Å². The first-order valence-corrected chi connectivity index (χ1v) is 18.5. The van der Waals surface area contributed by atoms with E-state index in [1.54, 1.807) is 12.1 Å². The van der Waals surface area contributed by atoms with Gasteiger partial charge in [0.25, 0.3) is 0 Å². The van der Waals surface area contributed by atoms with Gasteiger partial charge in [0.2, 0.25) is 23.6 Å². The molecule has 7 N–H and O–H groups in total. The summed E-state index contributed by atoms with van der Waals surface area (Å²) in [6.45, 7) is 1.31. The lowest BCUT2D eigenvalue weighted by Crippen LogP contribution is -2.64. The fourth-order valence-electron chi connectivity index (χ4n) is 6.33. The number of rotatable bonds is 16. The van der Waals surface area contributed by atoms with Crippen LogP contribution in [0.2, 0.25) is 0 Å². The van der Waals surface area contributed by atoms with Crippen molar-refractivity contribution in [3.8, 4) is 0 Å². The van der Waals surface area contributed by atoms with Gasteiger partial charge in [0.05, 0.1) is 19.2 Å². The molecule has 268 valence electrons. The molecule has 1 aliphatic carbocycles. The second-order valence-electron chi connectivity index (χ2n) is 12.8. The average Bonchev–Trinajstić information content (AvgIpc) is 3.06. The number of nitrogens with one attached hydrogen (secondary N) is 3. The van der Waals surface area contributed by atoms with Crippen molar-refractivity contribution in [1.82, 2.24) is 16.0 Å². The van der Waals surface area contributed by atoms with Crippen LogP contribution in [0.25, 0.3) is 10.8 Å². The highest BCUT2D eigenvalue weighted by Gasteiger charge is 2.43. The van der Waals surface area contributed by atoms with Gasteiger partial charge < -0.3 is 36.2 Å². The van der Waals surface area contributed by atoms with Gasteiger partial charge in [-0.05, 0) is 53.1 Å². The van der Waals surface area contributed by atoms with Crippen molar-refractivity contribution in [1.29, 1.82) is 0 Å². The van der Waals surface area contributed by atoms with Crippen LogP contribution >= 0.6 is 7.60 Å². The first-order chi connectivity index (χ1) is 23.7. The SMILES string of the molecule is CC(=O)NC(Cc1ccc(CP(=O)(O)O)cc1)C(=O)NC1(C(=O)NC(CC(N)=O)C(=O)OCCCc2cccc3ccccc23)CCCCC1. The summed E-state index contributed by atoms with van der Waals surface area (Å²) in [6, 6.07) is 17.8. The number of aryl methyl sites for hydroxylation is 1. The topological polar surface area (TPSA) is 214 Å². The third-order valence-electron chi connectivity index (χ3n) is 8.76. The molecule has 0 saturated heterocycles. The van der Waals surface area contributed by atoms with Crippen molar-refractivity contribution < 1.29 is 43.1 Å². The summed E-state index contributed by atoms with van der Waals surface area (Å²) in [4.78, 5) is 83.3. The fraction of sp³-hybridized carbons (Fsp3) is 0.417. The van der Waals surface area contributed by atoms with E-state index in [4.69, 9.17) is 10.5 Å². The average molecular weight is 709 g/mol. The molecular formula is C36H45N4O9P. The van der Waals surface area contributed by atoms with Gasteiger partial charge in [0.15, 0.2) is 0 Å². The zero-order valence-electron chi connectivity index (χ0n) is 28.1. The Morgan fingerprint density at radius 1 is 0.880 bits per heavy atom. The summed E-state index contributed by atoms with van der Waals surface area (Å²) < 4.78 is 16.8. The Kier molecular flexibility index (Phi) is 13.3. The van der Waals surface area contributed by atoms with Gasteiger partial charge in [0.1, 0.15) is 17.6 Å². The van der Waals surface area contributed by atoms with E-state index in [1.165, 1.54) is 19.1 Å². The Hall–Kier alpha value is -4.58. The van der Waals surface area contributed by atoms with E-state index >= 15 is 0 Å². The van der Waals surface area contributed by atoms with Gasteiger partial charge in [0, 0.05) is 13.3 Å². The molecule has 0 aliphatic heterocycles. The lowest BCUT2D eigenvalue weighted by Gasteiger charge is -2.38. The second-order valence-corrected chi connectivity index (χ2v) is 14.5. The van der Waals surface area contributed by atoms with Crippen molar-refractivity contribution in [2.45, 2.75) is 88.5 Å². The van der Waals surface area contributed by atoms with Gasteiger partial charge in [-0.15, -0.1) is 0 Å². The zero-order valence-corrected chi connectivity index (χ0v) is 29.0. The first-order valence-electron chi connectivity index (χ1n) is 16.7. The number of hydrogen-bond donors (Lipinski definition) is 6. The molecule has 4 amide bonds. The maximum Gasteiger partial charge on any atom is 0.329 e. The highest BCUT2D eigenvalue weighted by molar-refractivity contribution is 7.50. The molecule has 1 fully saturated rings. The van der Waals surface area contributed by atoms with Crippen LogP contribution in [0.5, 0.6) is 0 Å². The van der Waals surface area contributed by atoms with Crippen molar-refractivity contribution in [3.63, 3.8) is 0 Å². The number of fused-ring (bicyclic) bond motifs is 1. The summed E-state index contributed by atoms with van der Waals surface area (Å²) in [5, 5.41) is 10.3. The molecule has 3 aromatic rings. The van der Waals surface area contributed by atoms with Crippen LogP contribution in [-0.2, 0) is 52.3 Å². The lowest BCUT2D eigenvalue weighted by atomic mass is 9.80. The van der Waals surface area contributed by atoms with Gasteiger partial charge in [-0.1, -0.05) is 86.0 Å². The van der Waals surface area contributed by atoms with E-state index < -0.39 is 67.4 Å². The summed E-state index contributed by atoms with van der Waals surface area (Å²) >= 11 is 0. The van der Waals surface area contributed by atoms with Crippen LogP contribution in [-0.4, -0.2) is 63.6 Å². The van der Waals surface area contributed by atoms with Gasteiger partial charge in [-0.25, -0.2) is 4.79 Å². The number of benzene rings is 3. The minimum atomic E-state index is -4.27. The van der Waals surface area contributed by atoms with E-state index in [0.717, 1.165) is 22.8 Å². The summed E-state index contributed by atoms with van der Waals surface area (Å²) in [5.74, 6) is -3.39. The predicted octanol–water partition coefficient (Wildman–Crippen LogP) is 2.92. The van der Waals surface area contributed by atoms with Crippen molar-refractivity contribution in [3.05, 3.63) is 83.4 Å². The Balaban J connectivity index is 1.42. The number of primary amides is 1. The normalized spacial score (nSPS) is 15.3. The van der Waals surface area contributed by atoms with Gasteiger partial charge >= 0.3 is 13.6 Å². The summed E-state index contributed by atoms with van der Waals surface area (Å²) in [6.07, 6.45) is 2.82. The van der Waals surface area contributed by atoms with Crippen LogP contribution in [0, 0.1) is 0 Å². The zero-order chi connectivity index (χ0) is 36.3. The standard InChI is InChI=1S/C36H45N4O9P/c1-24(41)38-30(21-25-14-16-26(17-15-25)23-50(46,47)48)33(43)40-36(18-5-2-6-19-36)35(45)39-31(22-32(37)42)34(44)49-20-8-12-28-11-7-10-27-9-3-4-13-29(27)28/h3-4,7,9-11,13-17,30-31H,2,5-6,8,12,18-23H2,1H3,(H2,37,42)(H,38,41)(H,39,45)(H,40,43)(H2,46,47,48). The number of carbonyl (C=O) groups excluding carboxylic acids is 5. The molecule has 3 aromatic carbocycles. The third-order valence-corrected chi connectivity index (χ3v) is 9.54. The van der Waals surface area contributed by atoms with Crippen LogP contribution in [0.3, 0.4) is 0 Å². The maximum atomic E-state index is 13.9. The summed E-state index contributed by atoms with van der Waals surface area (Å²) in [7, 11) is -4.27. The minimum Gasteiger partial charge on any atom is -0.464 e. The summed E-state index contributed by atoms with van der Waals surface area (Å²) in [5.41, 5.74) is 6.13. The smallest absolute Gasteiger partial charge is 0.329 e. The first kappa shape index (κ1) is 38.2. The third kappa shape index (κ3) is 11.2. The maximum absolute atomic E-state index is 13.9. The number of carbonyl (C=O) groups is 5. The molecule has 0 heterocycles. The van der Waals surface area contributed by atoms with E-state index in [9.17, 15) is 38.3 Å². The van der Waals surface area contributed by atoms with Crippen LogP contribution < -0.4 is 21.7 Å². The minimum absolute atomic E-state index is 0.0364. The number of esters is 1. The highest BCUT2D eigenvalue weighted by atomic mass is 31.2. The molecule has 13 nitrogen and oxygen atoms in total. The van der Waals surface area contributed by atoms with Crippen molar-refractivity contribution >= 4 is 48.0 Å². The molecule has 0 spiro atoms. The lowest BCUT2D eigenvalue weighted by molar-refractivity contribution is -0.150. The molecular weight excluding hydrogens is 663 g/mol. The number of amides is 4. The van der Waals surface area contributed by atoms with Crippen LogP contribution in [0.1, 0.15) is 68.6 Å². The monoisotopic (exact) mass is 708 g/mol. The molecule has 1 aliphatic rings. The number of nitrogens with two attached hydrogens (primary N) is 1. The van der Waals surface area contributed by atoms with Crippen molar-refractivity contribution in [2.24, 2.45) is 5.73 Å². The number of hydrogen-bond acceptors (Lipinski definition) is 7. The molecule has 14 heteroatoms. The van der Waals surface area contributed by atoms with E-state index in [2.05, 4.69) is 16.0 Å². The molecule has 1 saturated carbocycles. The Morgan fingerprint density at radius 3 is 2.20 bits per heavy atom. The van der Waals surface area contributed by atoms with Crippen LogP contribution in [0.15, 0.2) is 66.7 Å². The molecule has 0 aromatic heterocycles. The Labute approximate surface area is 290 Å². The molecule has 0 bridgehead atoms. The van der Waals surface area contributed by atoms with E-state index in [1.807, 2.05) is 42.5 Å². The highest BCUT2D eigenvalue weighted by Crippen LogP contribution is 2.39. The van der Waals surface area contributed by atoms with Gasteiger partial charge in [-0.3, -0.25) is 23.7 Å². The Bertz CT molecular complexity index is 1730. The second kappa shape index (κ2) is 17.4. The van der Waals surface area contributed by atoms with E-state index in [-0.39, 0.29) is 25.9 Å². The molecule has 0 radical (unpaired) electrons. The molecule has 2 unspecified atom stereocenters. The molecule has 50 heavy (non-hydrogen) atoms. The van der Waals surface area contributed by atoms with Crippen LogP contribution in [0.4, 0.5) is 0 Å². The number of ether oxygens (including phenoxy) is 1. The van der Waals surface area contributed by atoms with Crippen molar-refractivity contribution in [2.75, 3.05) is 6.61 Å². The molecule has 4 rings (SSSR count). The molecule has 2 atom stereocenters.